The molecule has 1 fully saturated rings. The Balaban J connectivity index is 1.41. The van der Waals surface area contributed by atoms with Gasteiger partial charge in [0.15, 0.2) is 0 Å². The quantitative estimate of drug-likeness (QED) is 0.689. The van der Waals surface area contributed by atoms with E-state index in [0.717, 1.165) is 27.6 Å². The number of ether oxygens (including phenoxy) is 1. The van der Waals surface area contributed by atoms with Crippen molar-refractivity contribution in [3.63, 3.8) is 0 Å². The molecule has 148 valence electrons. The van der Waals surface area contributed by atoms with E-state index in [1.807, 2.05) is 76.5 Å². The molecule has 2 amide bonds. The topological polar surface area (TPSA) is 49.9 Å². The van der Waals surface area contributed by atoms with Crippen LogP contribution in [0.15, 0.2) is 66.7 Å². The summed E-state index contributed by atoms with van der Waals surface area (Å²) in [5.74, 6) is 0.816. The van der Waals surface area contributed by atoms with Gasteiger partial charge in [-0.15, -0.1) is 0 Å². The van der Waals surface area contributed by atoms with Crippen molar-refractivity contribution in [1.82, 2.24) is 9.80 Å². The summed E-state index contributed by atoms with van der Waals surface area (Å²) in [6.45, 7) is 2.18. The molecular formula is C24H24N2O3. The van der Waals surface area contributed by atoms with E-state index in [1.54, 1.807) is 7.11 Å². The second-order valence-electron chi connectivity index (χ2n) is 7.19. The van der Waals surface area contributed by atoms with Crippen LogP contribution >= 0.6 is 0 Å². The highest BCUT2D eigenvalue weighted by Crippen LogP contribution is 2.22. The first-order valence-corrected chi connectivity index (χ1v) is 9.84. The summed E-state index contributed by atoms with van der Waals surface area (Å²) < 4.78 is 5.34. The number of hydrogen-bond acceptors (Lipinski definition) is 3. The summed E-state index contributed by atoms with van der Waals surface area (Å²) in [7, 11) is 1.61. The maximum Gasteiger partial charge on any atom is 0.254 e. The van der Waals surface area contributed by atoms with Gasteiger partial charge in [0.05, 0.1) is 13.5 Å². The first-order chi connectivity index (χ1) is 14.2. The average molecular weight is 388 g/mol. The molecule has 1 saturated heterocycles. The van der Waals surface area contributed by atoms with Crippen LogP contribution in [0.2, 0.25) is 0 Å². The van der Waals surface area contributed by atoms with Crippen molar-refractivity contribution in [2.24, 2.45) is 0 Å². The van der Waals surface area contributed by atoms with Crippen molar-refractivity contribution < 1.29 is 14.3 Å². The third-order valence-corrected chi connectivity index (χ3v) is 5.47. The molecule has 4 rings (SSSR count). The van der Waals surface area contributed by atoms with Crippen LogP contribution < -0.4 is 4.74 Å². The number of carbonyl (C=O) groups is 2. The molecule has 29 heavy (non-hydrogen) atoms. The Hall–Kier alpha value is -3.34. The molecular weight excluding hydrogens is 364 g/mol. The van der Waals surface area contributed by atoms with Crippen LogP contribution in [-0.4, -0.2) is 54.9 Å². The smallest absolute Gasteiger partial charge is 0.254 e. The molecule has 0 N–H and O–H groups in total. The van der Waals surface area contributed by atoms with Gasteiger partial charge in [-0.1, -0.05) is 54.6 Å². The van der Waals surface area contributed by atoms with Crippen molar-refractivity contribution in [2.75, 3.05) is 33.3 Å². The van der Waals surface area contributed by atoms with Crippen LogP contribution in [0.25, 0.3) is 10.8 Å². The van der Waals surface area contributed by atoms with Crippen LogP contribution in [0.3, 0.4) is 0 Å². The number of amides is 2. The van der Waals surface area contributed by atoms with Gasteiger partial charge in [0.25, 0.3) is 5.91 Å². The average Bonchev–Trinajstić information content (AvgIpc) is 2.78. The standard InChI is InChI=1S/C24H24N2O3/c1-29-22-12-5-3-8-19(22)17-23(27)25-13-15-26(16-14-25)24(28)21-11-6-9-18-7-2-4-10-20(18)21/h2-12H,13-17H2,1H3. The normalized spacial score (nSPS) is 14.1. The summed E-state index contributed by atoms with van der Waals surface area (Å²) in [5.41, 5.74) is 1.60. The second kappa shape index (κ2) is 8.35. The minimum atomic E-state index is 0.0265. The van der Waals surface area contributed by atoms with Gasteiger partial charge in [-0.2, -0.15) is 0 Å². The van der Waals surface area contributed by atoms with Crippen LogP contribution in [0.1, 0.15) is 15.9 Å². The molecule has 1 heterocycles. The highest BCUT2D eigenvalue weighted by molar-refractivity contribution is 6.07. The maximum atomic E-state index is 13.1. The number of para-hydroxylation sites is 1. The van der Waals surface area contributed by atoms with E-state index in [0.29, 0.717) is 32.6 Å². The summed E-state index contributed by atoms with van der Waals surface area (Å²) in [4.78, 5) is 29.5. The Morgan fingerprint density at radius 1 is 0.828 bits per heavy atom. The van der Waals surface area contributed by atoms with Gasteiger partial charge in [-0.05, 0) is 22.9 Å². The fraction of sp³-hybridized carbons (Fsp3) is 0.250. The minimum absolute atomic E-state index is 0.0265. The Morgan fingerprint density at radius 2 is 1.48 bits per heavy atom. The molecule has 3 aromatic carbocycles. The summed E-state index contributed by atoms with van der Waals surface area (Å²) in [6, 6.07) is 21.3. The number of methoxy groups -OCH3 is 1. The number of carbonyl (C=O) groups excluding carboxylic acids is 2. The van der Waals surface area contributed by atoms with Gasteiger partial charge in [-0.25, -0.2) is 0 Å². The Labute approximate surface area is 170 Å². The van der Waals surface area contributed by atoms with E-state index in [-0.39, 0.29) is 11.8 Å². The van der Waals surface area contributed by atoms with Crippen molar-refractivity contribution in [3.05, 3.63) is 77.9 Å². The van der Waals surface area contributed by atoms with Crippen molar-refractivity contribution in [1.29, 1.82) is 0 Å². The molecule has 0 saturated carbocycles. The maximum absolute atomic E-state index is 13.1. The first-order valence-electron chi connectivity index (χ1n) is 9.84. The van der Waals surface area contributed by atoms with Crippen LogP contribution in [-0.2, 0) is 11.2 Å². The number of benzene rings is 3. The van der Waals surface area contributed by atoms with Crippen molar-refractivity contribution >= 4 is 22.6 Å². The van der Waals surface area contributed by atoms with E-state index >= 15 is 0 Å². The van der Waals surface area contributed by atoms with Gasteiger partial charge < -0.3 is 14.5 Å². The number of hydrogen-bond donors (Lipinski definition) is 0. The zero-order valence-electron chi connectivity index (χ0n) is 16.5. The third kappa shape index (κ3) is 3.94. The first kappa shape index (κ1) is 19.0. The van der Waals surface area contributed by atoms with Gasteiger partial charge in [0.2, 0.25) is 5.91 Å². The Morgan fingerprint density at radius 3 is 2.28 bits per heavy atom. The molecule has 0 aliphatic carbocycles. The predicted octanol–water partition coefficient (Wildman–Crippen LogP) is 3.38. The lowest BCUT2D eigenvalue weighted by molar-refractivity contribution is -0.131. The molecule has 1 aliphatic heterocycles. The zero-order valence-corrected chi connectivity index (χ0v) is 16.5. The number of piperazine rings is 1. The SMILES string of the molecule is COc1ccccc1CC(=O)N1CCN(C(=O)c2cccc3ccccc23)CC1. The minimum Gasteiger partial charge on any atom is -0.496 e. The molecule has 0 atom stereocenters. The second-order valence-corrected chi connectivity index (χ2v) is 7.19. The molecule has 1 aliphatic rings. The van der Waals surface area contributed by atoms with E-state index in [9.17, 15) is 9.59 Å². The monoisotopic (exact) mass is 388 g/mol. The predicted molar refractivity (Wildman–Crippen MR) is 113 cm³/mol. The molecule has 3 aromatic rings. The lowest BCUT2D eigenvalue weighted by atomic mass is 10.0. The molecule has 0 unspecified atom stereocenters. The number of rotatable bonds is 4. The van der Waals surface area contributed by atoms with E-state index in [2.05, 4.69) is 0 Å². The van der Waals surface area contributed by atoms with E-state index in [1.165, 1.54) is 0 Å². The zero-order chi connectivity index (χ0) is 20.2. The summed E-state index contributed by atoms with van der Waals surface area (Å²) in [6.07, 6.45) is 0.307. The highest BCUT2D eigenvalue weighted by Gasteiger charge is 2.26. The summed E-state index contributed by atoms with van der Waals surface area (Å²) in [5, 5.41) is 2.03. The third-order valence-electron chi connectivity index (χ3n) is 5.47. The lowest BCUT2D eigenvalue weighted by Gasteiger charge is -2.35. The fourth-order valence-electron chi connectivity index (χ4n) is 3.86. The van der Waals surface area contributed by atoms with Crippen molar-refractivity contribution in [2.45, 2.75) is 6.42 Å². The van der Waals surface area contributed by atoms with Gasteiger partial charge in [-0.3, -0.25) is 9.59 Å². The number of nitrogens with zero attached hydrogens (tertiary/aromatic N) is 2. The van der Waals surface area contributed by atoms with Crippen LogP contribution in [0.5, 0.6) is 5.75 Å². The van der Waals surface area contributed by atoms with Crippen LogP contribution in [0.4, 0.5) is 0 Å². The van der Waals surface area contributed by atoms with E-state index < -0.39 is 0 Å². The highest BCUT2D eigenvalue weighted by atomic mass is 16.5. The van der Waals surface area contributed by atoms with Gasteiger partial charge >= 0.3 is 0 Å². The van der Waals surface area contributed by atoms with Gasteiger partial charge in [0.1, 0.15) is 5.75 Å². The Bertz CT molecular complexity index is 1030. The molecule has 0 spiro atoms. The fourth-order valence-corrected chi connectivity index (χ4v) is 3.86. The molecule has 0 aromatic heterocycles. The molecule has 5 heteroatoms. The number of fused-ring (bicyclic) bond motifs is 1. The van der Waals surface area contributed by atoms with E-state index in [4.69, 9.17) is 4.74 Å². The van der Waals surface area contributed by atoms with Crippen molar-refractivity contribution in [3.8, 4) is 5.75 Å². The largest absolute Gasteiger partial charge is 0.496 e. The molecule has 0 radical (unpaired) electrons. The van der Waals surface area contributed by atoms with Crippen LogP contribution in [0, 0.1) is 0 Å². The lowest BCUT2D eigenvalue weighted by Crippen LogP contribution is -2.51. The van der Waals surface area contributed by atoms with Gasteiger partial charge in [0, 0.05) is 37.3 Å². The summed E-state index contributed by atoms with van der Waals surface area (Å²) >= 11 is 0. The molecule has 0 bridgehead atoms. The molecule has 5 nitrogen and oxygen atoms in total. The Kier molecular flexibility index (Phi) is 5.47.